The molecular weight excluding hydrogens is 318 g/mol. The molecule has 0 radical (unpaired) electrons. The second kappa shape index (κ2) is 7.27. The maximum atomic E-state index is 12.6. The highest BCUT2D eigenvalue weighted by atomic mass is 32.1. The van der Waals surface area contributed by atoms with Gasteiger partial charge in [0.15, 0.2) is 4.77 Å². The van der Waals surface area contributed by atoms with E-state index in [0.29, 0.717) is 17.0 Å². The van der Waals surface area contributed by atoms with E-state index >= 15 is 0 Å². The van der Waals surface area contributed by atoms with Gasteiger partial charge in [-0.2, -0.15) is 0 Å². The molecule has 1 unspecified atom stereocenters. The number of benzene rings is 2. The maximum absolute atomic E-state index is 12.6. The Morgan fingerprint density at radius 3 is 2.42 bits per heavy atom. The van der Waals surface area contributed by atoms with E-state index < -0.39 is 0 Å². The zero-order valence-corrected chi connectivity index (χ0v) is 14.2. The number of hydrogen-bond donors (Lipinski definition) is 2. The molecule has 122 valence electrons. The molecule has 3 aromatic rings. The van der Waals surface area contributed by atoms with Crippen LogP contribution in [0.5, 0.6) is 0 Å². The third-order valence-corrected chi connectivity index (χ3v) is 4.26. The molecule has 24 heavy (non-hydrogen) atoms. The number of aromatic nitrogens is 2. The van der Waals surface area contributed by atoms with Crippen molar-refractivity contribution in [3.8, 4) is 5.69 Å². The van der Waals surface area contributed by atoms with Gasteiger partial charge in [-0.1, -0.05) is 55.5 Å². The highest BCUT2D eigenvalue weighted by Gasteiger charge is 2.15. The van der Waals surface area contributed by atoms with Crippen LogP contribution in [0, 0.1) is 4.77 Å². The molecule has 0 spiro atoms. The number of aromatic amines is 1. The molecule has 4 nitrogen and oxygen atoms in total. The molecule has 0 aliphatic rings. The van der Waals surface area contributed by atoms with Crippen molar-refractivity contribution in [3.05, 3.63) is 82.9 Å². The first kappa shape index (κ1) is 16.2. The van der Waals surface area contributed by atoms with Crippen LogP contribution in [-0.2, 0) is 0 Å². The summed E-state index contributed by atoms with van der Waals surface area (Å²) in [5.74, 6) is 0.0937. The molecular formula is C19H19N3OS. The van der Waals surface area contributed by atoms with E-state index in [0.717, 1.165) is 5.69 Å². The second-order valence-corrected chi connectivity index (χ2v) is 6.06. The van der Waals surface area contributed by atoms with Crippen LogP contribution in [0.4, 0.5) is 0 Å². The number of H-pyrrole nitrogens is 1. The number of imidazole rings is 1. The summed E-state index contributed by atoms with van der Waals surface area (Å²) in [7, 11) is 0. The Labute approximate surface area is 146 Å². The quantitative estimate of drug-likeness (QED) is 0.690. The third-order valence-electron chi connectivity index (χ3n) is 3.96. The highest BCUT2D eigenvalue weighted by Crippen LogP contribution is 2.15. The van der Waals surface area contributed by atoms with Gasteiger partial charge in [0.05, 0.1) is 0 Å². The Bertz CT molecular complexity index is 868. The molecule has 5 heteroatoms. The normalized spacial score (nSPS) is 11.9. The van der Waals surface area contributed by atoms with E-state index in [2.05, 4.69) is 29.4 Å². The Kier molecular flexibility index (Phi) is 4.91. The first-order valence-electron chi connectivity index (χ1n) is 7.86. The number of hydrogen-bond acceptors (Lipinski definition) is 2. The van der Waals surface area contributed by atoms with Gasteiger partial charge in [0, 0.05) is 18.4 Å². The molecule has 0 aliphatic carbocycles. The molecule has 0 fully saturated rings. The minimum Gasteiger partial charge on any atom is -0.350 e. The van der Waals surface area contributed by atoms with Gasteiger partial charge in [-0.25, -0.2) is 0 Å². The van der Waals surface area contributed by atoms with Gasteiger partial charge in [0.1, 0.15) is 5.69 Å². The van der Waals surface area contributed by atoms with Gasteiger partial charge in [-0.3, -0.25) is 9.36 Å². The van der Waals surface area contributed by atoms with Crippen molar-refractivity contribution in [3.63, 3.8) is 0 Å². The number of nitrogens with zero attached hydrogens (tertiary/aromatic N) is 1. The summed E-state index contributed by atoms with van der Waals surface area (Å²) in [6, 6.07) is 19.8. The number of rotatable bonds is 5. The molecule has 1 aromatic heterocycles. The molecule has 3 rings (SSSR count). The van der Waals surface area contributed by atoms with Crippen molar-refractivity contribution in [2.24, 2.45) is 0 Å². The van der Waals surface area contributed by atoms with E-state index in [1.807, 2.05) is 48.5 Å². The molecule has 2 N–H and O–H groups in total. The van der Waals surface area contributed by atoms with Crippen LogP contribution in [0.3, 0.4) is 0 Å². The molecule has 0 saturated carbocycles. The van der Waals surface area contributed by atoms with E-state index in [-0.39, 0.29) is 11.8 Å². The lowest BCUT2D eigenvalue weighted by atomic mass is 10.0. The predicted octanol–water partition coefficient (Wildman–Crippen LogP) is 4.07. The van der Waals surface area contributed by atoms with Gasteiger partial charge in [0.2, 0.25) is 0 Å². The number of amides is 1. The fraction of sp³-hybridized carbons (Fsp3) is 0.158. The van der Waals surface area contributed by atoms with Gasteiger partial charge < -0.3 is 10.3 Å². The summed E-state index contributed by atoms with van der Waals surface area (Å²) in [4.78, 5) is 15.5. The molecule has 1 atom stereocenters. The summed E-state index contributed by atoms with van der Waals surface area (Å²) in [5, 5.41) is 2.99. The van der Waals surface area contributed by atoms with Crippen molar-refractivity contribution in [2.75, 3.05) is 6.54 Å². The molecule has 0 saturated heterocycles. The number of carbonyl (C=O) groups is 1. The van der Waals surface area contributed by atoms with Crippen molar-refractivity contribution < 1.29 is 4.79 Å². The fourth-order valence-electron chi connectivity index (χ4n) is 2.60. The zero-order chi connectivity index (χ0) is 16.9. The summed E-state index contributed by atoms with van der Waals surface area (Å²) in [6.07, 6.45) is 1.65. The van der Waals surface area contributed by atoms with Crippen molar-refractivity contribution >= 4 is 18.1 Å². The molecule has 1 heterocycles. The van der Waals surface area contributed by atoms with Gasteiger partial charge >= 0.3 is 0 Å². The lowest BCUT2D eigenvalue weighted by molar-refractivity contribution is 0.0944. The Hall–Kier alpha value is -2.66. The molecule has 0 aliphatic heterocycles. The van der Waals surface area contributed by atoms with Crippen LogP contribution in [0.15, 0.2) is 66.9 Å². The first-order chi connectivity index (χ1) is 11.7. The van der Waals surface area contributed by atoms with Gasteiger partial charge in [-0.05, 0) is 35.8 Å². The van der Waals surface area contributed by atoms with Crippen LogP contribution in [0.25, 0.3) is 5.69 Å². The van der Waals surface area contributed by atoms with Crippen LogP contribution < -0.4 is 5.32 Å². The Morgan fingerprint density at radius 1 is 1.12 bits per heavy atom. The number of carbonyl (C=O) groups excluding carboxylic acids is 1. The minimum atomic E-state index is -0.144. The van der Waals surface area contributed by atoms with E-state index in [9.17, 15) is 4.79 Å². The van der Waals surface area contributed by atoms with Crippen molar-refractivity contribution in [2.45, 2.75) is 12.8 Å². The largest absolute Gasteiger partial charge is 0.350 e. The van der Waals surface area contributed by atoms with Crippen LogP contribution in [0.1, 0.15) is 28.9 Å². The number of para-hydroxylation sites is 1. The topological polar surface area (TPSA) is 49.8 Å². The summed E-state index contributed by atoms with van der Waals surface area (Å²) in [6.45, 7) is 2.66. The summed E-state index contributed by atoms with van der Waals surface area (Å²) >= 11 is 5.31. The van der Waals surface area contributed by atoms with Crippen LogP contribution in [0.2, 0.25) is 0 Å². The van der Waals surface area contributed by atoms with Crippen LogP contribution in [-0.4, -0.2) is 22.0 Å². The lowest BCUT2D eigenvalue weighted by Gasteiger charge is -2.14. The fourth-order valence-corrected chi connectivity index (χ4v) is 2.87. The maximum Gasteiger partial charge on any atom is 0.269 e. The lowest BCUT2D eigenvalue weighted by Crippen LogP contribution is -2.29. The Balaban J connectivity index is 1.76. The highest BCUT2D eigenvalue weighted by molar-refractivity contribution is 7.71. The number of nitrogens with one attached hydrogen (secondary N) is 2. The van der Waals surface area contributed by atoms with Gasteiger partial charge in [0.25, 0.3) is 5.91 Å². The van der Waals surface area contributed by atoms with E-state index in [4.69, 9.17) is 12.2 Å². The smallest absolute Gasteiger partial charge is 0.269 e. The van der Waals surface area contributed by atoms with E-state index in [1.54, 1.807) is 10.8 Å². The SMILES string of the molecule is CC(CNC(=O)c1c[nH]c(=S)n1-c1ccccc1)c1ccccc1. The van der Waals surface area contributed by atoms with Crippen molar-refractivity contribution in [1.29, 1.82) is 0 Å². The Morgan fingerprint density at radius 2 is 1.75 bits per heavy atom. The summed E-state index contributed by atoms with van der Waals surface area (Å²) < 4.78 is 2.25. The monoisotopic (exact) mass is 337 g/mol. The van der Waals surface area contributed by atoms with Crippen molar-refractivity contribution in [1.82, 2.24) is 14.9 Å². The average molecular weight is 337 g/mol. The minimum absolute atomic E-state index is 0.144. The second-order valence-electron chi connectivity index (χ2n) is 5.67. The summed E-state index contributed by atoms with van der Waals surface area (Å²) in [5.41, 5.74) is 2.57. The molecule has 1 amide bonds. The predicted molar refractivity (Wildman–Crippen MR) is 98.1 cm³/mol. The third kappa shape index (κ3) is 3.46. The first-order valence-corrected chi connectivity index (χ1v) is 8.26. The van der Waals surface area contributed by atoms with E-state index in [1.165, 1.54) is 5.56 Å². The zero-order valence-electron chi connectivity index (χ0n) is 13.4. The van der Waals surface area contributed by atoms with Crippen LogP contribution >= 0.6 is 12.2 Å². The average Bonchev–Trinajstić information content (AvgIpc) is 3.02. The standard InChI is InChI=1S/C19H19N3OS/c1-14(15-8-4-2-5-9-15)12-20-18(23)17-13-21-19(24)22(17)16-10-6-3-7-11-16/h2-11,13-14H,12H2,1H3,(H,20,23)(H,21,24). The van der Waals surface area contributed by atoms with Gasteiger partial charge in [-0.15, -0.1) is 0 Å². The molecule has 2 aromatic carbocycles. The molecule has 0 bridgehead atoms.